The van der Waals surface area contributed by atoms with Crippen LogP contribution in [0.1, 0.15) is 36.2 Å². The standard InChI is InChI=1S/C15H18ClN3O2/c1-3-11-6-4-5-10(2)15(11)18-13(20)7-8-14-17-12(9-16)19-21-14/h4-6H,3,7-9H2,1-2H3,(H,18,20). The number of para-hydroxylation sites is 1. The van der Waals surface area contributed by atoms with Crippen LogP contribution in [0.4, 0.5) is 5.69 Å². The quantitative estimate of drug-likeness (QED) is 0.832. The van der Waals surface area contributed by atoms with Crippen molar-refractivity contribution in [3.05, 3.63) is 41.0 Å². The van der Waals surface area contributed by atoms with Gasteiger partial charge in [0.2, 0.25) is 11.8 Å². The summed E-state index contributed by atoms with van der Waals surface area (Å²) in [5.74, 6) is 1.02. The summed E-state index contributed by atoms with van der Waals surface area (Å²) in [6.45, 7) is 4.05. The van der Waals surface area contributed by atoms with Crippen LogP contribution in [0.2, 0.25) is 0 Å². The SMILES string of the molecule is CCc1cccc(C)c1NC(=O)CCc1nc(CCl)no1. The van der Waals surface area contributed by atoms with Gasteiger partial charge in [0.25, 0.3) is 0 Å². The molecule has 112 valence electrons. The molecule has 2 aromatic rings. The molecule has 1 N–H and O–H groups in total. The van der Waals surface area contributed by atoms with Crippen LogP contribution in [0.5, 0.6) is 0 Å². The molecule has 0 atom stereocenters. The molecule has 0 saturated carbocycles. The van der Waals surface area contributed by atoms with E-state index < -0.39 is 0 Å². The van der Waals surface area contributed by atoms with Crippen LogP contribution in [-0.4, -0.2) is 16.0 Å². The summed E-state index contributed by atoms with van der Waals surface area (Å²) >= 11 is 5.60. The van der Waals surface area contributed by atoms with E-state index in [1.165, 1.54) is 0 Å². The Morgan fingerprint density at radius 1 is 1.43 bits per heavy atom. The predicted octanol–water partition coefficient (Wildman–Crippen LogP) is 3.25. The molecule has 0 saturated heterocycles. The van der Waals surface area contributed by atoms with Crippen molar-refractivity contribution in [2.45, 2.75) is 39.0 Å². The number of aromatic nitrogens is 2. The zero-order chi connectivity index (χ0) is 15.2. The zero-order valence-electron chi connectivity index (χ0n) is 12.1. The van der Waals surface area contributed by atoms with Crippen molar-refractivity contribution in [2.24, 2.45) is 0 Å². The lowest BCUT2D eigenvalue weighted by molar-refractivity contribution is -0.116. The molecule has 2 rings (SSSR count). The number of nitrogens with zero attached hydrogens (tertiary/aromatic N) is 2. The topological polar surface area (TPSA) is 68.0 Å². The second-order valence-corrected chi connectivity index (χ2v) is 5.02. The highest BCUT2D eigenvalue weighted by molar-refractivity contribution is 6.16. The summed E-state index contributed by atoms with van der Waals surface area (Å²) in [6.07, 6.45) is 1.57. The molecule has 5 nitrogen and oxygen atoms in total. The van der Waals surface area contributed by atoms with E-state index >= 15 is 0 Å². The van der Waals surface area contributed by atoms with Crippen molar-refractivity contribution in [3.63, 3.8) is 0 Å². The summed E-state index contributed by atoms with van der Waals surface area (Å²) in [5, 5.41) is 6.65. The van der Waals surface area contributed by atoms with Gasteiger partial charge in [-0.05, 0) is 24.5 Å². The summed E-state index contributed by atoms with van der Waals surface area (Å²) < 4.78 is 5.00. The molecule has 0 aliphatic heterocycles. The number of anilines is 1. The second-order valence-electron chi connectivity index (χ2n) is 4.75. The molecule has 1 amide bonds. The van der Waals surface area contributed by atoms with Gasteiger partial charge in [-0.3, -0.25) is 4.79 Å². The smallest absolute Gasteiger partial charge is 0.227 e. The molecule has 1 heterocycles. The van der Waals surface area contributed by atoms with E-state index in [-0.39, 0.29) is 11.8 Å². The van der Waals surface area contributed by atoms with Crippen LogP contribution < -0.4 is 5.32 Å². The number of alkyl halides is 1. The number of nitrogens with one attached hydrogen (secondary N) is 1. The number of rotatable bonds is 6. The summed E-state index contributed by atoms with van der Waals surface area (Å²) in [6, 6.07) is 6.00. The van der Waals surface area contributed by atoms with Crippen molar-refractivity contribution >= 4 is 23.2 Å². The minimum absolute atomic E-state index is 0.0652. The lowest BCUT2D eigenvalue weighted by Crippen LogP contribution is -2.14. The minimum Gasteiger partial charge on any atom is -0.339 e. The average molecular weight is 308 g/mol. The van der Waals surface area contributed by atoms with E-state index in [1.54, 1.807) is 0 Å². The maximum absolute atomic E-state index is 12.1. The molecule has 21 heavy (non-hydrogen) atoms. The van der Waals surface area contributed by atoms with E-state index in [0.717, 1.165) is 23.2 Å². The Kier molecular flexibility index (Phi) is 5.33. The molecule has 0 bridgehead atoms. The highest BCUT2D eigenvalue weighted by Crippen LogP contribution is 2.21. The van der Waals surface area contributed by atoms with E-state index in [2.05, 4.69) is 22.4 Å². The minimum atomic E-state index is -0.0652. The van der Waals surface area contributed by atoms with Gasteiger partial charge in [0, 0.05) is 18.5 Å². The first kappa shape index (κ1) is 15.5. The Bertz CT molecular complexity index is 625. The van der Waals surface area contributed by atoms with Gasteiger partial charge in [-0.15, -0.1) is 11.6 Å². The lowest BCUT2D eigenvalue weighted by Gasteiger charge is -2.12. The first-order valence-electron chi connectivity index (χ1n) is 6.89. The first-order chi connectivity index (χ1) is 10.1. The Labute approximate surface area is 128 Å². The maximum Gasteiger partial charge on any atom is 0.227 e. The van der Waals surface area contributed by atoms with Crippen molar-refractivity contribution in [1.82, 2.24) is 10.1 Å². The molecule has 0 aliphatic rings. The molecule has 0 fully saturated rings. The number of carbonyl (C=O) groups excluding carboxylic acids is 1. The number of halogens is 1. The molecule has 0 radical (unpaired) electrons. The fourth-order valence-electron chi connectivity index (χ4n) is 2.07. The normalized spacial score (nSPS) is 10.6. The fraction of sp³-hybridized carbons (Fsp3) is 0.400. The third kappa shape index (κ3) is 4.04. The summed E-state index contributed by atoms with van der Waals surface area (Å²) in [5.41, 5.74) is 3.09. The first-order valence-corrected chi connectivity index (χ1v) is 7.43. The van der Waals surface area contributed by atoms with Gasteiger partial charge in [0.1, 0.15) is 0 Å². The van der Waals surface area contributed by atoms with E-state index in [9.17, 15) is 4.79 Å². The van der Waals surface area contributed by atoms with Gasteiger partial charge < -0.3 is 9.84 Å². The summed E-state index contributed by atoms with van der Waals surface area (Å²) in [7, 11) is 0. The van der Waals surface area contributed by atoms with Crippen LogP contribution in [-0.2, 0) is 23.5 Å². The molecule has 0 aliphatic carbocycles. The van der Waals surface area contributed by atoms with Gasteiger partial charge in [-0.1, -0.05) is 30.3 Å². The van der Waals surface area contributed by atoms with Crippen LogP contribution in [0.25, 0.3) is 0 Å². The van der Waals surface area contributed by atoms with E-state index in [0.29, 0.717) is 24.6 Å². The molecule has 0 unspecified atom stereocenters. The van der Waals surface area contributed by atoms with Gasteiger partial charge in [0.05, 0.1) is 5.88 Å². The van der Waals surface area contributed by atoms with Crippen LogP contribution in [0, 0.1) is 6.92 Å². The number of hydrogen-bond acceptors (Lipinski definition) is 4. The zero-order valence-corrected chi connectivity index (χ0v) is 12.9. The average Bonchev–Trinajstić information content (AvgIpc) is 2.95. The Balaban J connectivity index is 1.96. The Morgan fingerprint density at radius 3 is 2.90 bits per heavy atom. The molecule has 6 heteroatoms. The Hall–Kier alpha value is -1.88. The monoisotopic (exact) mass is 307 g/mol. The maximum atomic E-state index is 12.1. The van der Waals surface area contributed by atoms with E-state index in [1.807, 2.05) is 25.1 Å². The van der Waals surface area contributed by atoms with Gasteiger partial charge in [-0.2, -0.15) is 4.98 Å². The summed E-state index contributed by atoms with van der Waals surface area (Å²) in [4.78, 5) is 16.1. The highest BCUT2D eigenvalue weighted by atomic mass is 35.5. The van der Waals surface area contributed by atoms with Crippen molar-refractivity contribution in [2.75, 3.05) is 5.32 Å². The Morgan fingerprint density at radius 2 is 2.24 bits per heavy atom. The second kappa shape index (κ2) is 7.22. The molecular weight excluding hydrogens is 290 g/mol. The highest BCUT2D eigenvalue weighted by Gasteiger charge is 2.11. The van der Waals surface area contributed by atoms with Crippen molar-refractivity contribution in [1.29, 1.82) is 0 Å². The predicted molar refractivity (Wildman–Crippen MR) is 81.4 cm³/mol. The van der Waals surface area contributed by atoms with Crippen LogP contribution in [0.3, 0.4) is 0 Å². The van der Waals surface area contributed by atoms with Gasteiger partial charge in [0.15, 0.2) is 5.82 Å². The van der Waals surface area contributed by atoms with Crippen LogP contribution in [0.15, 0.2) is 22.7 Å². The van der Waals surface area contributed by atoms with Crippen molar-refractivity contribution in [3.8, 4) is 0 Å². The van der Waals surface area contributed by atoms with E-state index in [4.69, 9.17) is 16.1 Å². The number of benzene rings is 1. The lowest BCUT2D eigenvalue weighted by atomic mass is 10.1. The number of hydrogen-bond donors (Lipinski definition) is 1. The molecule has 0 spiro atoms. The van der Waals surface area contributed by atoms with Gasteiger partial charge in [-0.25, -0.2) is 0 Å². The number of amides is 1. The molecule has 1 aromatic carbocycles. The third-order valence-electron chi connectivity index (χ3n) is 3.20. The molecular formula is C15H18ClN3O2. The third-order valence-corrected chi connectivity index (χ3v) is 3.44. The molecule has 1 aromatic heterocycles. The van der Waals surface area contributed by atoms with Gasteiger partial charge >= 0.3 is 0 Å². The fourth-order valence-corrected chi connectivity index (χ4v) is 2.18. The van der Waals surface area contributed by atoms with Crippen LogP contribution >= 0.6 is 11.6 Å². The number of aryl methyl sites for hydroxylation is 3. The largest absolute Gasteiger partial charge is 0.339 e. The van der Waals surface area contributed by atoms with Crippen molar-refractivity contribution < 1.29 is 9.32 Å². The number of carbonyl (C=O) groups is 1.